The van der Waals surface area contributed by atoms with Crippen molar-refractivity contribution in [3.8, 4) is 5.75 Å². The van der Waals surface area contributed by atoms with E-state index in [-0.39, 0.29) is 29.6 Å². The Bertz CT molecular complexity index is 652. The van der Waals surface area contributed by atoms with Gasteiger partial charge in [0.1, 0.15) is 5.75 Å². The number of hydrogen-bond acceptors (Lipinski definition) is 5. The van der Waals surface area contributed by atoms with E-state index in [0.29, 0.717) is 18.8 Å². The van der Waals surface area contributed by atoms with Crippen LogP contribution in [0.1, 0.15) is 13.8 Å². The second kappa shape index (κ2) is 7.29. The molecule has 0 aromatic heterocycles. The van der Waals surface area contributed by atoms with Crippen LogP contribution in [0.4, 0.5) is 0 Å². The Morgan fingerprint density at radius 1 is 1.35 bits per heavy atom. The number of methoxy groups -OCH3 is 1. The average molecular weight is 342 g/mol. The van der Waals surface area contributed by atoms with Crippen molar-refractivity contribution in [2.45, 2.75) is 31.0 Å². The molecule has 0 aliphatic carbocycles. The van der Waals surface area contributed by atoms with E-state index in [1.165, 1.54) is 19.2 Å². The number of morpholine rings is 1. The highest BCUT2D eigenvalue weighted by Gasteiger charge is 2.26. The van der Waals surface area contributed by atoms with E-state index >= 15 is 0 Å². The molecule has 8 heteroatoms. The van der Waals surface area contributed by atoms with Crippen molar-refractivity contribution in [2.75, 3.05) is 26.7 Å². The summed E-state index contributed by atoms with van der Waals surface area (Å²) in [5.41, 5.74) is 0. The van der Waals surface area contributed by atoms with Crippen LogP contribution in [-0.4, -0.2) is 58.2 Å². The molecule has 1 heterocycles. The molecule has 1 aromatic carbocycles. The van der Waals surface area contributed by atoms with Crippen molar-refractivity contribution < 1.29 is 22.7 Å². The van der Waals surface area contributed by atoms with Crippen LogP contribution in [0.2, 0.25) is 0 Å². The number of benzene rings is 1. The van der Waals surface area contributed by atoms with Gasteiger partial charge in [0.2, 0.25) is 15.9 Å². The highest BCUT2D eigenvalue weighted by Crippen LogP contribution is 2.17. The zero-order valence-electron chi connectivity index (χ0n) is 13.5. The lowest BCUT2D eigenvalue weighted by Gasteiger charge is -2.35. The number of carbonyl (C=O) groups is 1. The lowest BCUT2D eigenvalue weighted by atomic mass is 10.2. The number of sulfonamides is 1. The van der Waals surface area contributed by atoms with Gasteiger partial charge < -0.3 is 14.4 Å². The van der Waals surface area contributed by atoms with E-state index in [1.54, 1.807) is 17.0 Å². The fraction of sp³-hybridized carbons (Fsp3) is 0.533. The van der Waals surface area contributed by atoms with E-state index < -0.39 is 10.0 Å². The fourth-order valence-electron chi connectivity index (χ4n) is 2.50. The van der Waals surface area contributed by atoms with E-state index in [4.69, 9.17) is 9.47 Å². The topological polar surface area (TPSA) is 84.9 Å². The maximum Gasteiger partial charge on any atom is 0.241 e. The van der Waals surface area contributed by atoms with Gasteiger partial charge in [-0.05, 0) is 26.0 Å². The van der Waals surface area contributed by atoms with Crippen LogP contribution in [-0.2, 0) is 19.6 Å². The first-order valence-electron chi connectivity index (χ1n) is 7.39. The molecule has 0 bridgehead atoms. The molecule has 0 saturated carbocycles. The SMILES string of the molecule is COc1cccc(S(=O)(=O)NCC(=O)N2C[C@@H](C)O[C@H](C)C2)c1. The normalized spacial score (nSPS) is 22.0. The summed E-state index contributed by atoms with van der Waals surface area (Å²) in [5, 5.41) is 0. The van der Waals surface area contributed by atoms with Gasteiger partial charge in [-0.3, -0.25) is 4.79 Å². The molecule has 1 aromatic rings. The smallest absolute Gasteiger partial charge is 0.241 e. The Labute approximate surface area is 136 Å². The molecule has 1 aliphatic rings. The van der Waals surface area contributed by atoms with Crippen LogP contribution in [0, 0.1) is 0 Å². The van der Waals surface area contributed by atoms with Gasteiger partial charge in [-0.1, -0.05) is 6.07 Å². The Kier molecular flexibility index (Phi) is 5.61. The summed E-state index contributed by atoms with van der Waals surface area (Å²) in [5.74, 6) is 0.175. The van der Waals surface area contributed by atoms with Gasteiger partial charge in [0.25, 0.3) is 0 Å². The molecule has 2 rings (SSSR count). The molecule has 1 aliphatic heterocycles. The lowest BCUT2D eigenvalue weighted by molar-refractivity contribution is -0.141. The third-order valence-corrected chi connectivity index (χ3v) is 4.94. The Balaban J connectivity index is 1.99. The van der Waals surface area contributed by atoms with Gasteiger partial charge in [-0.25, -0.2) is 13.1 Å². The molecule has 2 atom stereocenters. The summed E-state index contributed by atoms with van der Waals surface area (Å²) < 4.78 is 37.4. The quantitative estimate of drug-likeness (QED) is 0.847. The van der Waals surface area contributed by atoms with E-state index in [0.717, 1.165) is 0 Å². The number of rotatable bonds is 5. The van der Waals surface area contributed by atoms with Gasteiger partial charge in [-0.2, -0.15) is 0 Å². The molecular formula is C15H22N2O5S. The Morgan fingerprint density at radius 2 is 2.00 bits per heavy atom. The van der Waals surface area contributed by atoms with E-state index in [2.05, 4.69) is 4.72 Å². The van der Waals surface area contributed by atoms with E-state index in [9.17, 15) is 13.2 Å². The maximum atomic E-state index is 12.3. The van der Waals surface area contributed by atoms with Crippen LogP contribution in [0.15, 0.2) is 29.2 Å². The molecular weight excluding hydrogens is 320 g/mol. The lowest BCUT2D eigenvalue weighted by Crippen LogP contribution is -2.51. The average Bonchev–Trinajstić information content (AvgIpc) is 2.51. The predicted molar refractivity (Wildman–Crippen MR) is 84.8 cm³/mol. The van der Waals surface area contributed by atoms with Crippen LogP contribution < -0.4 is 9.46 Å². The van der Waals surface area contributed by atoms with Gasteiger partial charge in [-0.15, -0.1) is 0 Å². The third kappa shape index (κ3) is 4.66. The minimum absolute atomic E-state index is 0.0577. The second-order valence-corrected chi connectivity index (χ2v) is 7.33. The van der Waals surface area contributed by atoms with Crippen molar-refractivity contribution >= 4 is 15.9 Å². The molecule has 7 nitrogen and oxygen atoms in total. The number of carbonyl (C=O) groups excluding carboxylic acids is 1. The number of amides is 1. The van der Waals surface area contributed by atoms with Gasteiger partial charge in [0.15, 0.2) is 0 Å². The zero-order chi connectivity index (χ0) is 17.0. The summed E-state index contributed by atoms with van der Waals surface area (Å²) >= 11 is 0. The summed E-state index contributed by atoms with van der Waals surface area (Å²) in [4.78, 5) is 13.9. The second-order valence-electron chi connectivity index (χ2n) is 5.56. The van der Waals surface area contributed by atoms with Gasteiger partial charge in [0.05, 0.1) is 30.8 Å². The number of nitrogens with one attached hydrogen (secondary N) is 1. The van der Waals surface area contributed by atoms with Crippen LogP contribution in [0.25, 0.3) is 0 Å². The molecule has 128 valence electrons. The van der Waals surface area contributed by atoms with Crippen molar-refractivity contribution in [2.24, 2.45) is 0 Å². The molecule has 1 saturated heterocycles. The summed E-state index contributed by atoms with van der Waals surface area (Å²) in [7, 11) is -2.30. The number of nitrogens with zero attached hydrogens (tertiary/aromatic N) is 1. The monoisotopic (exact) mass is 342 g/mol. The minimum atomic E-state index is -3.76. The summed E-state index contributed by atoms with van der Waals surface area (Å²) in [6, 6.07) is 6.10. The number of ether oxygens (including phenoxy) is 2. The molecule has 0 unspecified atom stereocenters. The van der Waals surface area contributed by atoms with Crippen LogP contribution in [0.3, 0.4) is 0 Å². The highest BCUT2D eigenvalue weighted by molar-refractivity contribution is 7.89. The highest BCUT2D eigenvalue weighted by atomic mass is 32.2. The van der Waals surface area contributed by atoms with Crippen molar-refractivity contribution in [1.82, 2.24) is 9.62 Å². The van der Waals surface area contributed by atoms with Crippen molar-refractivity contribution in [1.29, 1.82) is 0 Å². The van der Waals surface area contributed by atoms with Crippen molar-refractivity contribution in [3.05, 3.63) is 24.3 Å². The zero-order valence-corrected chi connectivity index (χ0v) is 14.3. The molecule has 1 amide bonds. The molecule has 1 fully saturated rings. The first-order chi connectivity index (χ1) is 10.8. The first-order valence-corrected chi connectivity index (χ1v) is 8.87. The largest absolute Gasteiger partial charge is 0.497 e. The molecule has 23 heavy (non-hydrogen) atoms. The molecule has 0 radical (unpaired) electrons. The molecule has 0 spiro atoms. The summed E-state index contributed by atoms with van der Waals surface area (Å²) in [6.07, 6.45) is -0.115. The predicted octanol–water partition coefficient (Wildman–Crippen LogP) is 0.609. The maximum absolute atomic E-state index is 12.3. The standard InChI is InChI=1S/C15H22N2O5S/c1-11-9-17(10-12(2)22-11)15(18)8-16-23(19,20)14-6-4-5-13(7-14)21-3/h4-7,11-12,16H,8-10H2,1-3H3/t11-,12-/m1/s1. The third-order valence-electron chi connectivity index (χ3n) is 3.54. The fourth-order valence-corrected chi connectivity index (χ4v) is 3.51. The first kappa shape index (κ1) is 17.7. The van der Waals surface area contributed by atoms with Crippen LogP contribution in [0.5, 0.6) is 5.75 Å². The summed E-state index contributed by atoms with van der Waals surface area (Å²) in [6.45, 7) is 4.42. The van der Waals surface area contributed by atoms with Gasteiger partial charge >= 0.3 is 0 Å². The Hall–Kier alpha value is -1.64. The molecule has 1 N–H and O–H groups in total. The number of hydrogen-bond donors (Lipinski definition) is 1. The van der Waals surface area contributed by atoms with E-state index in [1.807, 2.05) is 13.8 Å². The Morgan fingerprint density at radius 3 is 2.61 bits per heavy atom. The van der Waals surface area contributed by atoms with Crippen LogP contribution >= 0.6 is 0 Å². The minimum Gasteiger partial charge on any atom is -0.497 e. The van der Waals surface area contributed by atoms with Gasteiger partial charge in [0, 0.05) is 19.2 Å². The van der Waals surface area contributed by atoms with Crippen molar-refractivity contribution in [3.63, 3.8) is 0 Å².